The number of carbonyl (C=O) groups excluding carboxylic acids is 1. The molecule has 0 radical (unpaired) electrons. The summed E-state index contributed by atoms with van der Waals surface area (Å²) in [4.78, 5) is 14.9. The number of hydrogen-bond donors (Lipinski definition) is 2. The number of nitrogens with zero attached hydrogens (tertiary/aromatic N) is 1. The van der Waals surface area contributed by atoms with Crippen molar-refractivity contribution in [1.29, 1.82) is 0 Å². The number of nitrogens with one attached hydrogen (secondary N) is 2. The van der Waals surface area contributed by atoms with Crippen molar-refractivity contribution in [2.45, 2.75) is 50.8 Å². The van der Waals surface area contributed by atoms with Gasteiger partial charge in [-0.15, -0.1) is 0 Å². The number of methoxy groups -OCH3 is 1. The highest BCUT2D eigenvalue weighted by Gasteiger charge is 2.40. The fourth-order valence-electron chi connectivity index (χ4n) is 5.64. The maximum Gasteiger partial charge on any atom is 0.264 e. The Labute approximate surface area is 202 Å². The zero-order valence-electron chi connectivity index (χ0n) is 20.2. The molecule has 0 heterocycles. The summed E-state index contributed by atoms with van der Waals surface area (Å²) in [6.45, 7) is 5.28. The van der Waals surface area contributed by atoms with Crippen molar-refractivity contribution >= 4 is 33.0 Å². The van der Waals surface area contributed by atoms with Gasteiger partial charge in [0.15, 0.2) is 0 Å². The van der Waals surface area contributed by atoms with E-state index in [4.69, 9.17) is 4.74 Å². The molecule has 2 fully saturated rings. The second kappa shape index (κ2) is 10.3. The average molecular weight is 486 g/mol. The number of ether oxygens (including phenoxy) is 1. The van der Waals surface area contributed by atoms with E-state index in [1.54, 1.807) is 42.5 Å². The molecule has 4 rings (SSSR count). The molecular weight excluding hydrogens is 450 g/mol. The topological polar surface area (TPSA) is 87.7 Å². The molecule has 0 aliphatic heterocycles. The van der Waals surface area contributed by atoms with Crippen LogP contribution in [-0.2, 0) is 14.8 Å². The van der Waals surface area contributed by atoms with Gasteiger partial charge >= 0.3 is 0 Å². The normalized spacial score (nSPS) is 21.3. The maximum atomic E-state index is 13.5. The van der Waals surface area contributed by atoms with Gasteiger partial charge in [0.2, 0.25) is 5.91 Å². The van der Waals surface area contributed by atoms with E-state index >= 15 is 0 Å². The fraction of sp³-hybridized carbons (Fsp3) is 0.500. The third-order valence-electron chi connectivity index (χ3n) is 7.32. The number of benzene rings is 2. The van der Waals surface area contributed by atoms with Crippen LogP contribution in [0, 0.1) is 17.8 Å². The Morgan fingerprint density at radius 1 is 1.09 bits per heavy atom. The van der Waals surface area contributed by atoms with E-state index in [2.05, 4.69) is 10.0 Å². The molecule has 0 unspecified atom stereocenters. The standard InChI is InChI=1S/C26H35N3O4S/c1-4-29(5-2)23-13-12-21(27-26(30)16-20-15-18-10-11-19(20)14-18)17-25(23)34(31,32)28-22-8-6-7-9-24(22)33-3/h6-9,12-13,17-20,28H,4-5,10-11,14-16H2,1-3H3,(H,27,30)/t18-,19-,20-/m1/s1. The van der Waals surface area contributed by atoms with Gasteiger partial charge in [-0.3, -0.25) is 9.52 Å². The fourth-order valence-corrected chi connectivity index (χ4v) is 6.96. The molecule has 2 N–H and O–H groups in total. The summed E-state index contributed by atoms with van der Waals surface area (Å²) in [7, 11) is -2.45. The number of carbonyl (C=O) groups is 1. The van der Waals surface area contributed by atoms with Gasteiger partial charge in [0.05, 0.1) is 18.5 Å². The smallest absolute Gasteiger partial charge is 0.264 e. The lowest BCUT2D eigenvalue weighted by atomic mass is 9.86. The minimum absolute atomic E-state index is 0.0471. The predicted molar refractivity (Wildman–Crippen MR) is 136 cm³/mol. The lowest BCUT2D eigenvalue weighted by Crippen LogP contribution is -2.26. The first-order valence-corrected chi connectivity index (χ1v) is 13.7. The first kappa shape index (κ1) is 24.4. The number of fused-ring (bicyclic) bond motifs is 2. The quantitative estimate of drug-likeness (QED) is 0.488. The van der Waals surface area contributed by atoms with Crippen LogP contribution in [0.3, 0.4) is 0 Å². The molecule has 2 aromatic carbocycles. The van der Waals surface area contributed by atoms with Crippen LogP contribution < -0.4 is 19.7 Å². The molecule has 0 spiro atoms. The average Bonchev–Trinajstić information content (AvgIpc) is 3.44. The lowest BCUT2D eigenvalue weighted by molar-refractivity contribution is -0.117. The van der Waals surface area contributed by atoms with E-state index in [-0.39, 0.29) is 10.8 Å². The molecule has 184 valence electrons. The van der Waals surface area contributed by atoms with Crippen molar-refractivity contribution < 1.29 is 17.9 Å². The largest absolute Gasteiger partial charge is 0.495 e. The number of sulfonamides is 1. The highest BCUT2D eigenvalue weighted by atomic mass is 32.2. The monoisotopic (exact) mass is 485 g/mol. The van der Waals surface area contributed by atoms with Gasteiger partial charge in [0.1, 0.15) is 10.6 Å². The second-order valence-corrected chi connectivity index (χ2v) is 11.0. The first-order valence-electron chi connectivity index (χ1n) is 12.2. The molecule has 2 aliphatic carbocycles. The van der Waals surface area contributed by atoms with E-state index in [1.165, 1.54) is 26.4 Å². The third kappa shape index (κ3) is 5.17. The van der Waals surface area contributed by atoms with Crippen LogP contribution >= 0.6 is 0 Å². The van der Waals surface area contributed by atoms with E-state index in [0.29, 0.717) is 54.2 Å². The van der Waals surface area contributed by atoms with E-state index in [1.807, 2.05) is 18.7 Å². The Balaban J connectivity index is 1.59. The Kier molecular flexibility index (Phi) is 7.36. The molecule has 0 saturated heterocycles. The van der Waals surface area contributed by atoms with Gasteiger partial charge in [-0.2, -0.15) is 0 Å². The summed E-state index contributed by atoms with van der Waals surface area (Å²) >= 11 is 0. The Hall–Kier alpha value is -2.74. The van der Waals surface area contributed by atoms with Crippen LogP contribution in [-0.4, -0.2) is 34.5 Å². The minimum Gasteiger partial charge on any atom is -0.495 e. The molecule has 0 aromatic heterocycles. The summed E-state index contributed by atoms with van der Waals surface area (Å²) in [5, 5.41) is 2.96. The van der Waals surface area contributed by atoms with Gasteiger partial charge in [-0.1, -0.05) is 18.6 Å². The predicted octanol–water partition coefficient (Wildman–Crippen LogP) is 5.11. The third-order valence-corrected chi connectivity index (χ3v) is 8.72. The molecule has 7 nitrogen and oxygen atoms in total. The van der Waals surface area contributed by atoms with Crippen molar-refractivity contribution in [2.24, 2.45) is 17.8 Å². The van der Waals surface area contributed by atoms with E-state index < -0.39 is 10.0 Å². The molecular formula is C26H35N3O4S. The Morgan fingerprint density at radius 3 is 2.50 bits per heavy atom. The second-order valence-electron chi connectivity index (χ2n) is 9.35. The molecule has 2 aromatic rings. The van der Waals surface area contributed by atoms with Gasteiger partial charge in [0.25, 0.3) is 10.0 Å². The van der Waals surface area contributed by atoms with E-state index in [9.17, 15) is 13.2 Å². The van der Waals surface area contributed by atoms with Crippen LogP contribution in [0.4, 0.5) is 17.1 Å². The van der Waals surface area contributed by atoms with Crippen molar-refractivity contribution in [1.82, 2.24) is 0 Å². The molecule has 2 bridgehead atoms. The zero-order valence-corrected chi connectivity index (χ0v) is 21.0. The molecule has 2 aliphatic rings. The highest BCUT2D eigenvalue weighted by Crippen LogP contribution is 2.49. The van der Waals surface area contributed by atoms with Gasteiger partial charge < -0.3 is 15.0 Å². The number of amides is 1. The molecule has 2 saturated carbocycles. The SMILES string of the molecule is CCN(CC)c1ccc(NC(=O)C[C@H]2C[C@@H]3CC[C@@H]2C3)cc1S(=O)(=O)Nc1ccccc1OC. The molecule has 3 atom stereocenters. The van der Waals surface area contributed by atoms with Crippen molar-refractivity contribution in [3.8, 4) is 5.75 Å². The van der Waals surface area contributed by atoms with Crippen LogP contribution in [0.15, 0.2) is 47.4 Å². The summed E-state index contributed by atoms with van der Waals surface area (Å²) in [5.41, 5.74) is 1.45. The number of rotatable bonds is 10. The number of hydrogen-bond acceptors (Lipinski definition) is 5. The van der Waals surface area contributed by atoms with Crippen LogP contribution in [0.2, 0.25) is 0 Å². The summed E-state index contributed by atoms with van der Waals surface area (Å²) in [5.74, 6) is 2.29. The molecule has 1 amide bonds. The Morgan fingerprint density at radius 2 is 1.85 bits per heavy atom. The van der Waals surface area contributed by atoms with Gasteiger partial charge in [-0.25, -0.2) is 8.42 Å². The highest BCUT2D eigenvalue weighted by molar-refractivity contribution is 7.93. The number of para-hydroxylation sites is 2. The molecule has 34 heavy (non-hydrogen) atoms. The van der Waals surface area contributed by atoms with Crippen molar-refractivity contribution in [3.63, 3.8) is 0 Å². The van der Waals surface area contributed by atoms with Crippen LogP contribution in [0.5, 0.6) is 5.75 Å². The first-order chi connectivity index (χ1) is 16.3. The van der Waals surface area contributed by atoms with Gasteiger partial charge in [-0.05, 0) is 81.2 Å². The van der Waals surface area contributed by atoms with Gasteiger partial charge in [0, 0.05) is 25.2 Å². The lowest BCUT2D eigenvalue weighted by Gasteiger charge is -2.25. The maximum absolute atomic E-state index is 13.5. The Bertz CT molecular complexity index is 1130. The van der Waals surface area contributed by atoms with Crippen LogP contribution in [0.1, 0.15) is 46.0 Å². The summed E-state index contributed by atoms with van der Waals surface area (Å²) in [6.07, 6.45) is 5.43. The van der Waals surface area contributed by atoms with Crippen LogP contribution in [0.25, 0.3) is 0 Å². The van der Waals surface area contributed by atoms with Crippen molar-refractivity contribution in [3.05, 3.63) is 42.5 Å². The molecule has 8 heteroatoms. The zero-order chi connectivity index (χ0) is 24.3. The minimum atomic E-state index is -3.95. The summed E-state index contributed by atoms with van der Waals surface area (Å²) < 4.78 is 35.0. The summed E-state index contributed by atoms with van der Waals surface area (Å²) in [6, 6.07) is 12.0. The number of anilines is 3. The van der Waals surface area contributed by atoms with E-state index in [0.717, 1.165) is 12.3 Å². The van der Waals surface area contributed by atoms with Crippen molar-refractivity contribution in [2.75, 3.05) is 35.1 Å².